The second kappa shape index (κ2) is 3.52. The number of nitro groups is 1. The Hall–Kier alpha value is -1.18. The number of hydrogen-bond acceptors (Lipinski definition) is 5. The number of halogens is 1. The highest BCUT2D eigenvalue weighted by Crippen LogP contribution is 2.25. The highest BCUT2D eigenvalue weighted by atomic mass is 35.5. The fourth-order valence-electron chi connectivity index (χ4n) is 0.797. The minimum Gasteiger partial charge on any atom is -0.744 e. The minimum atomic E-state index is -4.78. The molecule has 1 aromatic carbocycles. The Labute approximate surface area is 84.0 Å². The molecule has 0 radical (unpaired) electrons. The molecule has 0 aliphatic heterocycles. The topological polar surface area (TPSA) is 100 Å². The summed E-state index contributed by atoms with van der Waals surface area (Å²) in [6, 6.07) is 2.63. The van der Waals surface area contributed by atoms with Gasteiger partial charge in [-0.15, -0.1) is 0 Å². The summed E-state index contributed by atoms with van der Waals surface area (Å²) in [5, 5.41) is 9.93. The van der Waals surface area contributed by atoms with Crippen LogP contribution in [0.5, 0.6) is 0 Å². The molecule has 1 rings (SSSR count). The monoisotopic (exact) mass is 236 g/mol. The standard InChI is InChI=1S/C6H4ClNO5S/c7-5-2-1-4(8(9)10)3-6(5)14(11,12)13/h1-3H,(H,11,12,13)/p-1. The third kappa shape index (κ3) is 2.19. The molecule has 0 amide bonds. The zero-order valence-corrected chi connectivity index (χ0v) is 8.08. The van der Waals surface area contributed by atoms with Crippen molar-refractivity contribution in [2.75, 3.05) is 0 Å². The van der Waals surface area contributed by atoms with Crippen molar-refractivity contribution in [3.8, 4) is 0 Å². The number of nitro benzene ring substituents is 1. The summed E-state index contributed by atoms with van der Waals surface area (Å²) >= 11 is 5.38. The van der Waals surface area contributed by atoms with Crippen LogP contribution in [0.4, 0.5) is 5.69 Å². The maximum atomic E-state index is 10.6. The molecule has 0 spiro atoms. The zero-order chi connectivity index (χ0) is 10.9. The summed E-state index contributed by atoms with van der Waals surface area (Å²) in [5.41, 5.74) is -0.496. The van der Waals surface area contributed by atoms with Gasteiger partial charge in [-0.3, -0.25) is 10.1 Å². The molecule has 0 unspecified atom stereocenters. The van der Waals surface area contributed by atoms with E-state index in [0.29, 0.717) is 6.07 Å². The van der Waals surface area contributed by atoms with E-state index in [4.69, 9.17) is 11.6 Å². The maximum Gasteiger partial charge on any atom is 0.270 e. The molecule has 0 saturated heterocycles. The largest absolute Gasteiger partial charge is 0.744 e. The van der Waals surface area contributed by atoms with Gasteiger partial charge in [0.1, 0.15) is 10.1 Å². The van der Waals surface area contributed by atoms with Gasteiger partial charge in [0.05, 0.1) is 14.8 Å². The van der Waals surface area contributed by atoms with Crippen molar-refractivity contribution in [2.24, 2.45) is 0 Å². The van der Waals surface area contributed by atoms with Gasteiger partial charge in [-0.2, -0.15) is 0 Å². The predicted molar refractivity (Wildman–Crippen MR) is 46.1 cm³/mol. The molecule has 0 atom stereocenters. The fraction of sp³-hybridized carbons (Fsp3) is 0. The van der Waals surface area contributed by atoms with Gasteiger partial charge in [-0.25, -0.2) is 8.42 Å². The molecule has 0 heterocycles. The highest BCUT2D eigenvalue weighted by Gasteiger charge is 2.13. The highest BCUT2D eigenvalue weighted by molar-refractivity contribution is 7.85. The lowest BCUT2D eigenvalue weighted by molar-refractivity contribution is -0.385. The number of nitrogens with zero attached hydrogens (tertiary/aromatic N) is 1. The molecule has 0 N–H and O–H groups in total. The Morgan fingerprint density at radius 3 is 2.36 bits per heavy atom. The van der Waals surface area contributed by atoms with Crippen LogP contribution in [0.15, 0.2) is 23.1 Å². The lowest BCUT2D eigenvalue weighted by atomic mass is 10.3. The molecule has 14 heavy (non-hydrogen) atoms. The first kappa shape index (κ1) is 10.9. The molecule has 0 saturated carbocycles. The normalized spacial score (nSPS) is 11.3. The summed E-state index contributed by atoms with van der Waals surface area (Å²) < 4.78 is 31.7. The maximum absolute atomic E-state index is 10.6. The molecule has 0 fully saturated rings. The van der Waals surface area contributed by atoms with E-state index in [-0.39, 0.29) is 5.02 Å². The molecule has 0 aliphatic rings. The molecule has 6 nitrogen and oxygen atoms in total. The summed E-state index contributed by atoms with van der Waals surface area (Å²) in [4.78, 5) is 8.66. The number of benzene rings is 1. The summed E-state index contributed by atoms with van der Waals surface area (Å²) in [7, 11) is -4.78. The fourth-order valence-corrected chi connectivity index (χ4v) is 1.77. The SMILES string of the molecule is O=[N+]([O-])c1ccc(Cl)c(S(=O)(=O)[O-])c1. The van der Waals surface area contributed by atoms with Crippen molar-refractivity contribution in [1.82, 2.24) is 0 Å². The van der Waals surface area contributed by atoms with Crippen LogP contribution >= 0.6 is 11.6 Å². The van der Waals surface area contributed by atoms with E-state index in [1.165, 1.54) is 0 Å². The van der Waals surface area contributed by atoms with Crippen LogP contribution < -0.4 is 0 Å². The van der Waals surface area contributed by atoms with Gasteiger partial charge in [0.25, 0.3) is 5.69 Å². The quantitative estimate of drug-likeness (QED) is 0.436. The summed E-state index contributed by atoms with van der Waals surface area (Å²) in [5.74, 6) is 0. The van der Waals surface area contributed by atoms with Crippen molar-refractivity contribution in [3.05, 3.63) is 33.3 Å². The molecule has 8 heteroatoms. The van der Waals surface area contributed by atoms with Gasteiger partial charge in [0, 0.05) is 12.1 Å². The van der Waals surface area contributed by atoms with Crippen LogP contribution in [0.2, 0.25) is 5.02 Å². The second-order valence-electron chi connectivity index (χ2n) is 2.33. The van der Waals surface area contributed by atoms with E-state index in [2.05, 4.69) is 0 Å². The number of hydrogen-bond donors (Lipinski definition) is 0. The summed E-state index contributed by atoms with van der Waals surface area (Å²) in [6.45, 7) is 0. The van der Waals surface area contributed by atoms with Crippen molar-refractivity contribution < 1.29 is 17.9 Å². The first-order valence-electron chi connectivity index (χ1n) is 3.22. The van der Waals surface area contributed by atoms with Crippen LogP contribution in [0, 0.1) is 10.1 Å². The first-order valence-corrected chi connectivity index (χ1v) is 5.01. The predicted octanol–water partition coefficient (Wildman–Crippen LogP) is 1.15. The van der Waals surface area contributed by atoms with E-state index in [1.54, 1.807) is 0 Å². The molecule has 76 valence electrons. The van der Waals surface area contributed by atoms with E-state index in [9.17, 15) is 23.1 Å². The minimum absolute atomic E-state index is 0.328. The van der Waals surface area contributed by atoms with Gasteiger partial charge >= 0.3 is 0 Å². The van der Waals surface area contributed by atoms with Crippen LogP contribution in [0.1, 0.15) is 0 Å². The third-order valence-corrected chi connectivity index (χ3v) is 2.71. The van der Waals surface area contributed by atoms with Crippen molar-refractivity contribution in [1.29, 1.82) is 0 Å². The molecule has 0 aliphatic carbocycles. The third-order valence-electron chi connectivity index (χ3n) is 1.39. The Morgan fingerprint density at radius 2 is 1.93 bits per heavy atom. The van der Waals surface area contributed by atoms with Crippen LogP contribution in [-0.4, -0.2) is 17.9 Å². The average molecular weight is 237 g/mol. The van der Waals surface area contributed by atoms with E-state index >= 15 is 0 Å². The lowest BCUT2D eigenvalue weighted by Crippen LogP contribution is -2.00. The molecular formula is C6H3ClNO5S-. The number of rotatable bonds is 2. The second-order valence-corrected chi connectivity index (χ2v) is 4.08. The van der Waals surface area contributed by atoms with Gasteiger partial charge in [-0.1, -0.05) is 11.6 Å². The van der Waals surface area contributed by atoms with Gasteiger partial charge < -0.3 is 4.55 Å². The molecule has 0 bridgehead atoms. The Bertz CT molecular complexity index is 483. The Kier molecular flexibility index (Phi) is 2.74. The smallest absolute Gasteiger partial charge is 0.270 e. The van der Waals surface area contributed by atoms with Gasteiger partial charge in [0.15, 0.2) is 0 Å². The van der Waals surface area contributed by atoms with Crippen LogP contribution in [0.25, 0.3) is 0 Å². The zero-order valence-electron chi connectivity index (χ0n) is 6.51. The van der Waals surface area contributed by atoms with Gasteiger partial charge in [-0.05, 0) is 6.07 Å². The Balaban J connectivity index is 3.44. The molecular weight excluding hydrogens is 234 g/mol. The molecule has 1 aromatic rings. The van der Waals surface area contributed by atoms with Crippen molar-refractivity contribution >= 4 is 27.4 Å². The van der Waals surface area contributed by atoms with Gasteiger partial charge in [0.2, 0.25) is 0 Å². The number of non-ortho nitro benzene ring substituents is 1. The van der Waals surface area contributed by atoms with Crippen LogP contribution in [0.3, 0.4) is 0 Å². The van der Waals surface area contributed by atoms with E-state index in [1.807, 2.05) is 0 Å². The average Bonchev–Trinajstić information content (AvgIpc) is 2.02. The van der Waals surface area contributed by atoms with E-state index < -0.39 is 25.6 Å². The first-order chi connectivity index (χ1) is 6.32. The molecule has 0 aromatic heterocycles. The lowest BCUT2D eigenvalue weighted by Gasteiger charge is -2.07. The summed E-state index contributed by atoms with van der Waals surface area (Å²) in [6.07, 6.45) is 0. The Morgan fingerprint density at radius 1 is 1.36 bits per heavy atom. The van der Waals surface area contributed by atoms with Crippen molar-refractivity contribution in [2.45, 2.75) is 4.90 Å². The van der Waals surface area contributed by atoms with E-state index in [0.717, 1.165) is 12.1 Å². The van der Waals surface area contributed by atoms with Crippen molar-refractivity contribution in [3.63, 3.8) is 0 Å². The van der Waals surface area contributed by atoms with Crippen LogP contribution in [-0.2, 0) is 10.1 Å².